The van der Waals surface area contributed by atoms with Gasteiger partial charge >= 0.3 is 5.97 Å². The van der Waals surface area contributed by atoms with Crippen molar-refractivity contribution in [2.24, 2.45) is 0 Å². The van der Waals surface area contributed by atoms with E-state index in [2.05, 4.69) is 10.3 Å². The van der Waals surface area contributed by atoms with Crippen molar-refractivity contribution in [3.8, 4) is 0 Å². The van der Waals surface area contributed by atoms with Gasteiger partial charge in [0.25, 0.3) is 0 Å². The first-order valence-corrected chi connectivity index (χ1v) is 5.00. The number of carbonyl (C=O) groups is 2. The summed E-state index contributed by atoms with van der Waals surface area (Å²) in [5.41, 5.74) is -0.0400. The fraction of sp³-hybridized carbons (Fsp3) is 0.375. The van der Waals surface area contributed by atoms with E-state index in [9.17, 15) is 9.59 Å². The van der Waals surface area contributed by atoms with E-state index in [4.69, 9.17) is 5.11 Å². The molecule has 0 radical (unpaired) electrons. The Kier molecular flexibility index (Phi) is 3.58. The van der Waals surface area contributed by atoms with Gasteiger partial charge in [-0.1, -0.05) is 6.92 Å². The number of hydrogen-bond donors (Lipinski definition) is 2. The third kappa shape index (κ3) is 2.81. The Labute approximate surface area is 84.8 Å². The SMILES string of the molecule is CCCC(=O)Nc1nc(C(=O)O)cs1. The molecule has 5 nitrogen and oxygen atoms in total. The molecule has 2 N–H and O–H groups in total. The van der Waals surface area contributed by atoms with Crippen molar-refractivity contribution >= 4 is 28.3 Å². The van der Waals surface area contributed by atoms with Crippen LogP contribution in [-0.2, 0) is 4.79 Å². The Morgan fingerprint density at radius 1 is 1.64 bits per heavy atom. The summed E-state index contributed by atoms with van der Waals surface area (Å²) in [7, 11) is 0. The molecule has 0 saturated carbocycles. The van der Waals surface area contributed by atoms with Crippen LogP contribution in [-0.4, -0.2) is 22.0 Å². The molecule has 1 aromatic heterocycles. The number of rotatable bonds is 4. The number of aromatic carboxylic acids is 1. The van der Waals surface area contributed by atoms with Crippen molar-refractivity contribution in [3.05, 3.63) is 11.1 Å². The highest BCUT2D eigenvalue weighted by Crippen LogP contribution is 2.15. The fourth-order valence-electron chi connectivity index (χ4n) is 0.838. The summed E-state index contributed by atoms with van der Waals surface area (Å²) in [6.07, 6.45) is 1.17. The van der Waals surface area contributed by atoms with Crippen LogP contribution in [0.3, 0.4) is 0 Å². The lowest BCUT2D eigenvalue weighted by atomic mass is 10.3. The quantitative estimate of drug-likeness (QED) is 0.797. The highest BCUT2D eigenvalue weighted by molar-refractivity contribution is 7.14. The topological polar surface area (TPSA) is 79.3 Å². The summed E-state index contributed by atoms with van der Waals surface area (Å²) >= 11 is 1.11. The summed E-state index contributed by atoms with van der Waals surface area (Å²) in [5.74, 6) is -1.23. The van der Waals surface area contributed by atoms with Gasteiger partial charge in [0.15, 0.2) is 10.8 Å². The Morgan fingerprint density at radius 2 is 2.36 bits per heavy atom. The number of anilines is 1. The van der Waals surface area contributed by atoms with E-state index < -0.39 is 5.97 Å². The van der Waals surface area contributed by atoms with Crippen LogP contribution >= 0.6 is 11.3 Å². The zero-order chi connectivity index (χ0) is 10.6. The number of hydrogen-bond acceptors (Lipinski definition) is 4. The molecule has 14 heavy (non-hydrogen) atoms. The van der Waals surface area contributed by atoms with E-state index in [-0.39, 0.29) is 11.6 Å². The van der Waals surface area contributed by atoms with Crippen LogP contribution in [0.5, 0.6) is 0 Å². The molecular formula is C8H10N2O3S. The van der Waals surface area contributed by atoms with Crippen molar-refractivity contribution < 1.29 is 14.7 Å². The van der Waals surface area contributed by atoms with E-state index in [0.29, 0.717) is 11.6 Å². The number of nitrogens with zero attached hydrogens (tertiary/aromatic N) is 1. The second-order valence-corrected chi connectivity index (χ2v) is 3.50. The third-order valence-electron chi connectivity index (χ3n) is 1.45. The van der Waals surface area contributed by atoms with Crippen molar-refractivity contribution in [2.45, 2.75) is 19.8 Å². The number of carbonyl (C=O) groups excluding carboxylic acids is 1. The van der Waals surface area contributed by atoms with Gasteiger partial charge in [-0.2, -0.15) is 0 Å². The Hall–Kier alpha value is -1.43. The predicted molar refractivity (Wildman–Crippen MR) is 52.6 cm³/mol. The predicted octanol–water partition coefficient (Wildman–Crippen LogP) is 1.58. The van der Waals surface area contributed by atoms with Crippen LogP contribution in [0.25, 0.3) is 0 Å². The first kappa shape index (κ1) is 10.6. The zero-order valence-electron chi connectivity index (χ0n) is 7.61. The average Bonchev–Trinajstić information content (AvgIpc) is 2.53. The number of nitrogens with one attached hydrogen (secondary N) is 1. The van der Waals surface area contributed by atoms with Crippen molar-refractivity contribution in [2.75, 3.05) is 5.32 Å². The number of thiazole rings is 1. The second-order valence-electron chi connectivity index (χ2n) is 2.64. The molecule has 0 aliphatic carbocycles. The molecule has 1 amide bonds. The second kappa shape index (κ2) is 4.71. The lowest BCUT2D eigenvalue weighted by Gasteiger charge is -1.97. The minimum Gasteiger partial charge on any atom is -0.476 e. The summed E-state index contributed by atoms with van der Waals surface area (Å²) in [5, 5.41) is 12.8. The molecule has 1 aromatic rings. The molecule has 6 heteroatoms. The minimum absolute atomic E-state index is 0.0400. The molecule has 0 saturated heterocycles. The highest BCUT2D eigenvalue weighted by atomic mass is 32.1. The Morgan fingerprint density at radius 3 is 2.86 bits per heavy atom. The molecule has 1 rings (SSSR count). The summed E-state index contributed by atoms with van der Waals surface area (Å²) in [6.45, 7) is 1.89. The largest absolute Gasteiger partial charge is 0.476 e. The van der Waals surface area contributed by atoms with E-state index >= 15 is 0 Å². The van der Waals surface area contributed by atoms with Crippen molar-refractivity contribution in [1.82, 2.24) is 4.98 Å². The van der Waals surface area contributed by atoms with E-state index in [1.54, 1.807) is 0 Å². The molecule has 0 unspecified atom stereocenters. The molecular weight excluding hydrogens is 204 g/mol. The molecule has 0 spiro atoms. The maximum atomic E-state index is 11.1. The van der Waals surface area contributed by atoms with Gasteiger partial charge in [0.05, 0.1) is 0 Å². The normalized spacial score (nSPS) is 9.79. The molecule has 1 heterocycles. The molecule has 76 valence electrons. The van der Waals surface area contributed by atoms with Gasteiger partial charge in [0.1, 0.15) is 0 Å². The summed E-state index contributed by atoms with van der Waals surface area (Å²) in [6, 6.07) is 0. The lowest BCUT2D eigenvalue weighted by molar-refractivity contribution is -0.116. The van der Waals surface area contributed by atoms with Crippen LogP contribution in [0.1, 0.15) is 30.3 Å². The monoisotopic (exact) mass is 214 g/mol. The molecule has 0 aromatic carbocycles. The Bertz CT molecular complexity index is 348. The Balaban J connectivity index is 2.59. The van der Waals surface area contributed by atoms with E-state index in [1.165, 1.54) is 5.38 Å². The standard InChI is InChI=1S/C8H10N2O3S/c1-2-3-6(11)10-8-9-5(4-14-8)7(12)13/h4H,2-3H2,1H3,(H,12,13)(H,9,10,11). The van der Waals surface area contributed by atoms with Gasteiger partial charge in [-0.3, -0.25) is 4.79 Å². The third-order valence-corrected chi connectivity index (χ3v) is 2.20. The van der Waals surface area contributed by atoms with E-state index in [0.717, 1.165) is 17.8 Å². The summed E-state index contributed by atoms with van der Waals surface area (Å²) in [4.78, 5) is 25.3. The van der Waals surface area contributed by atoms with Gasteiger partial charge in [0.2, 0.25) is 5.91 Å². The molecule has 0 aliphatic heterocycles. The molecule has 0 fully saturated rings. The zero-order valence-corrected chi connectivity index (χ0v) is 8.43. The number of carboxylic acids is 1. The lowest BCUT2D eigenvalue weighted by Crippen LogP contribution is -2.10. The number of carboxylic acid groups (broad SMARTS) is 1. The summed E-state index contributed by atoms with van der Waals surface area (Å²) < 4.78 is 0. The first-order valence-electron chi connectivity index (χ1n) is 4.12. The van der Waals surface area contributed by atoms with Gasteiger partial charge in [-0.15, -0.1) is 11.3 Å². The van der Waals surface area contributed by atoms with Crippen LogP contribution in [0.4, 0.5) is 5.13 Å². The van der Waals surface area contributed by atoms with Crippen LogP contribution in [0.2, 0.25) is 0 Å². The highest BCUT2D eigenvalue weighted by Gasteiger charge is 2.09. The maximum Gasteiger partial charge on any atom is 0.355 e. The first-order chi connectivity index (χ1) is 6.63. The minimum atomic E-state index is -1.09. The smallest absolute Gasteiger partial charge is 0.355 e. The molecule has 0 atom stereocenters. The van der Waals surface area contributed by atoms with E-state index in [1.807, 2.05) is 6.92 Å². The van der Waals surface area contributed by atoms with Gasteiger partial charge in [-0.05, 0) is 6.42 Å². The van der Waals surface area contributed by atoms with Gasteiger partial charge < -0.3 is 10.4 Å². The average molecular weight is 214 g/mol. The fourth-order valence-corrected chi connectivity index (χ4v) is 1.54. The van der Waals surface area contributed by atoms with Crippen LogP contribution in [0.15, 0.2) is 5.38 Å². The van der Waals surface area contributed by atoms with Gasteiger partial charge in [0, 0.05) is 11.8 Å². The van der Waals surface area contributed by atoms with Crippen molar-refractivity contribution in [1.29, 1.82) is 0 Å². The number of amides is 1. The molecule has 0 bridgehead atoms. The number of aromatic nitrogens is 1. The maximum absolute atomic E-state index is 11.1. The molecule has 0 aliphatic rings. The van der Waals surface area contributed by atoms with Crippen LogP contribution in [0, 0.1) is 0 Å². The van der Waals surface area contributed by atoms with Gasteiger partial charge in [-0.25, -0.2) is 9.78 Å². The van der Waals surface area contributed by atoms with Crippen LogP contribution < -0.4 is 5.32 Å². The van der Waals surface area contributed by atoms with Crippen molar-refractivity contribution in [3.63, 3.8) is 0 Å².